The molecule has 0 aliphatic carbocycles. The number of hydrogen-bond donors (Lipinski definition) is 6. The van der Waals surface area contributed by atoms with Crippen molar-refractivity contribution in [2.24, 2.45) is 28.1 Å². The van der Waals surface area contributed by atoms with Gasteiger partial charge in [-0.1, -0.05) is 32.9 Å². The monoisotopic (exact) mass is 697 g/mol. The summed E-state index contributed by atoms with van der Waals surface area (Å²) < 4.78 is 0. The van der Waals surface area contributed by atoms with Crippen LogP contribution in [0.5, 0.6) is 0 Å². The summed E-state index contributed by atoms with van der Waals surface area (Å²) in [5.74, 6) is -1.73. The van der Waals surface area contributed by atoms with Crippen LogP contribution in [0.25, 0.3) is 0 Å². The Balaban J connectivity index is 1.66. The van der Waals surface area contributed by atoms with Crippen molar-refractivity contribution in [3.63, 3.8) is 0 Å². The molecule has 0 saturated carbocycles. The van der Waals surface area contributed by atoms with Gasteiger partial charge in [0.2, 0.25) is 17.7 Å². The Bertz CT molecular complexity index is 1380. The molecule has 13 nitrogen and oxygen atoms in total. The first-order chi connectivity index (χ1) is 23.3. The van der Waals surface area contributed by atoms with Gasteiger partial charge in [-0.25, -0.2) is 0 Å². The minimum Gasteiger partial charge on any atom is -0.370 e. The number of aliphatic imine (C=N–C) groups is 1. The van der Waals surface area contributed by atoms with Crippen molar-refractivity contribution in [3.05, 3.63) is 57.8 Å². The fourth-order valence-electron chi connectivity index (χ4n) is 6.01. The summed E-state index contributed by atoms with van der Waals surface area (Å²) in [4.78, 5) is 61.2. The number of nitrogens with one attached hydrogen (secondary N) is 3. The Morgan fingerprint density at radius 1 is 0.980 bits per heavy atom. The minimum atomic E-state index is -0.897. The average Bonchev–Trinajstić information content (AvgIpc) is 3.56. The number of rotatable bonds is 19. The fourth-order valence-corrected chi connectivity index (χ4v) is 6.69. The molecule has 4 atom stereocenters. The molecule has 1 aromatic carbocycles. The number of guanidine groups is 1. The van der Waals surface area contributed by atoms with Crippen LogP contribution >= 0.6 is 11.3 Å². The summed E-state index contributed by atoms with van der Waals surface area (Å²) in [7, 11) is 0. The summed E-state index contributed by atoms with van der Waals surface area (Å²) in [5, 5.41) is 12.4. The third-order valence-electron chi connectivity index (χ3n) is 8.70. The third-order valence-corrected chi connectivity index (χ3v) is 9.43. The van der Waals surface area contributed by atoms with Crippen LogP contribution in [0.15, 0.2) is 46.1 Å². The van der Waals surface area contributed by atoms with Crippen molar-refractivity contribution in [3.8, 4) is 0 Å². The number of nitrogens with zero attached hydrogens (tertiary/aromatic N) is 3. The van der Waals surface area contributed by atoms with Gasteiger partial charge in [0.15, 0.2) is 5.96 Å². The number of piperazine rings is 1. The smallest absolute Gasteiger partial charge is 0.251 e. The van der Waals surface area contributed by atoms with Crippen LogP contribution in [0.4, 0.5) is 0 Å². The number of carbonyl (C=O) groups excluding carboxylic acids is 4. The summed E-state index contributed by atoms with van der Waals surface area (Å²) in [6.45, 7) is 13.6. The van der Waals surface area contributed by atoms with Crippen molar-refractivity contribution in [2.45, 2.75) is 90.5 Å². The molecular weight excluding hydrogens is 643 g/mol. The molecule has 0 radical (unpaired) electrons. The maximum Gasteiger partial charge on any atom is 0.251 e. The lowest BCUT2D eigenvalue weighted by Crippen LogP contribution is -2.52. The number of hydrogen-bond acceptors (Lipinski definition) is 8. The molecule has 1 aliphatic heterocycles. The summed E-state index contributed by atoms with van der Waals surface area (Å²) in [6.07, 6.45) is 1.45. The molecule has 9 N–H and O–H groups in total. The first-order valence-electron chi connectivity index (χ1n) is 17.2. The standard InChI is InChI=1S/C35H55N9O4S/c1-5-43-14-15-44(24(4)20-43)21-25-8-10-27(11-9-25)33(47)42-29(7-6-13-39-35(37)38)34(48)40-28(17-23(2)3)19-31(45)41-30(32(36)46)18-26-12-16-49-22-26/h8-12,16,22-24,28-30H,5-7,13-15,17-21H2,1-4H3,(H2,36,46)(H,40,48)(H,41,45)(H,42,47)(H4,37,38,39)/t24-,28?,29-,30?/m0/s1. The number of amides is 4. The molecule has 2 aromatic rings. The third kappa shape index (κ3) is 13.8. The van der Waals surface area contributed by atoms with Crippen LogP contribution in [0.2, 0.25) is 0 Å². The van der Waals surface area contributed by atoms with Crippen LogP contribution in [0.1, 0.15) is 74.9 Å². The molecule has 1 aromatic heterocycles. The molecule has 0 spiro atoms. The van der Waals surface area contributed by atoms with Gasteiger partial charge in [0.25, 0.3) is 5.91 Å². The van der Waals surface area contributed by atoms with E-state index in [1.807, 2.05) is 42.8 Å². The molecule has 4 amide bonds. The van der Waals surface area contributed by atoms with E-state index in [0.29, 0.717) is 24.4 Å². The number of benzene rings is 1. The largest absolute Gasteiger partial charge is 0.370 e. The Kier molecular flexibility index (Phi) is 16.0. The van der Waals surface area contributed by atoms with Crippen molar-refractivity contribution in [2.75, 3.05) is 32.7 Å². The van der Waals surface area contributed by atoms with Crippen LogP contribution in [0.3, 0.4) is 0 Å². The van der Waals surface area contributed by atoms with Gasteiger partial charge < -0.3 is 38.1 Å². The molecule has 2 heterocycles. The van der Waals surface area contributed by atoms with Crippen LogP contribution in [-0.4, -0.2) is 96.3 Å². The maximum atomic E-state index is 13.7. The molecule has 49 heavy (non-hydrogen) atoms. The summed E-state index contributed by atoms with van der Waals surface area (Å²) in [5.41, 5.74) is 19.0. The van der Waals surface area contributed by atoms with Crippen LogP contribution < -0.4 is 33.2 Å². The van der Waals surface area contributed by atoms with Gasteiger partial charge in [-0.05, 0) is 78.7 Å². The highest BCUT2D eigenvalue weighted by molar-refractivity contribution is 7.07. The number of likely N-dealkylation sites (N-methyl/N-ethyl adjacent to an activating group) is 1. The van der Waals surface area contributed by atoms with Crippen molar-refractivity contribution >= 4 is 40.9 Å². The van der Waals surface area contributed by atoms with E-state index >= 15 is 0 Å². The van der Waals surface area contributed by atoms with Gasteiger partial charge in [-0.15, -0.1) is 0 Å². The molecule has 270 valence electrons. The highest BCUT2D eigenvalue weighted by Gasteiger charge is 2.27. The van der Waals surface area contributed by atoms with Gasteiger partial charge in [0, 0.05) is 63.2 Å². The predicted octanol–water partition coefficient (Wildman–Crippen LogP) is 1.56. The average molecular weight is 698 g/mol. The minimum absolute atomic E-state index is 0.0527. The Morgan fingerprint density at radius 3 is 2.31 bits per heavy atom. The Morgan fingerprint density at radius 2 is 1.71 bits per heavy atom. The first kappa shape index (κ1) is 39.4. The van der Waals surface area contributed by atoms with Gasteiger partial charge in [0.1, 0.15) is 12.1 Å². The van der Waals surface area contributed by atoms with Gasteiger partial charge >= 0.3 is 0 Å². The van der Waals surface area contributed by atoms with E-state index in [4.69, 9.17) is 17.2 Å². The van der Waals surface area contributed by atoms with Crippen molar-refractivity contribution < 1.29 is 19.2 Å². The van der Waals surface area contributed by atoms with E-state index < -0.39 is 35.8 Å². The maximum absolute atomic E-state index is 13.7. The fraction of sp³-hybridized carbons (Fsp3) is 0.571. The quantitative estimate of drug-likeness (QED) is 0.0721. The predicted molar refractivity (Wildman–Crippen MR) is 195 cm³/mol. The highest BCUT2D eigenvalue weighted by atomic mass is 32.1. The first-order valence-corrected chi connectivity index (χ1v) is 18.1. The van der Waals surface area contributed by atoms with E-state index in [-0.39, 0.29) is 43.6 Å². The molecule has 0 bridgehead atoms. The second kappa shape index (κ2) is 19.9. The van der Waals surface area contributed by atoms with Crippen LogP contribution in [0, 0.1) is 5.92 Å². The SMILES string of the molecule is CCN1CCN(Cc2ccc(C(=O)N[C@@H](CCCN=C(N)N)C(=O)NC(CC(=O)NC(Cc3ccsc3)C(N)=O)CC(C)C)cc2)[C@@H](C)C1. The molecular formula is C35H55N9O4S. The Labute approximate surface area is 294 Å². The zero-order valence-electron chi connectivity index (χ0n) is 29.3. The molecule has 1 saturated heterocycles. The molecule has 3 rings (SSSR count). The number of thiophene rings is 1. The number of primary amides is 1. The van der Waals surface area contributed by atoms with Gasteiger partial charge in [0.05, 0.1) is 0 Å². The van der Waals surface area contributed by atoms with Gasteiger partial charge in [-0.3, -0.25) is 29.1 Å². The van der Waals surface area contributed by atoms with E-state index in [2.05, 4.69) is 44.6 Å². The zero-order chi connectivity index (χ0) is 35.9. The second-order valence-corrected chi connectivity index (χ2v) is 14.1. The molecule has 1 aliphatic rings. The van der Waals surface area contributed by atoms with E-state index in [1.54, 1.807) is 12.1 Å². The lowest BCUT2D eigenvalue weighted by atomic mass is 9.99. The second-order valence-electron chi connectivity index (χ2n) is 13.3. The normalized spacial score (nSPS) is 17.1. The number of nitrogens with two attached hydrogens (primary N) is 3. The van der Waals surface area contributed by atoms with E-state index in [9.17, 15) is 19.2 Å². The molecule has 2 unspecified atom stereocenters. The topological polar surface area (TPSA) is 201 Å². The lowest BCUT2D eigenvalue weighted by Gasteiger charge is -2.39. The summed E-state index contributed by atoms with van der Waals surface area (Å²) in [6, 6.07) is 7.48. The lowest BCUT2D eigenvalue weighted by molar-refractivity contribution is -0.128. The Hall–Kier alpha value is -4.01. The zero-order valence-corrected chi connectivity index (χ0v) is 30.1. The molecule has 1 fully saturated rings. The van der Waals surface area contributed by atoms with Crippen LogP contribution in [-0.2, 0) is 27.3 Å². The number of carbonyl (C=O) groups is 4. The molecule has 14 heteroatoms. The van der Waals surface area contributed by atoms with Crippen molar-refractivity contribution in [1.29, 1.82) is 0 Å². The highest BCUT2D eigenvalue weighted by Crippen LogP contribution is 2.16. The van der Waals surface area contributed by atoms with E-state index in [1.165, 1.54) is 11.3 Å². The summed E-state index contributed by atoms with van der Waals surface area (Å²) >= 11 is 1.49. The van der Waals surface area contributed by atoms with Gasteiger partial charge in [-0.2, -0.15) is 11.3 Å². The van der Waals surface area contributed by atoms with E-state index in [0.717, 1.165) is 43.9 Å². The van der Waals surface area contributed by atoms with Crippen molar-refractivity contribution in [1.82, 2.24) is 25.8 Å².